The number of hydrogen-bond donors (Lipinski definition) is 2. The van der Waals surface area contributed by atoms with Crippen LogP contribution in [0.2, 0.25) is 0 Å². The summed E-state index contributed by atoms with van der Waals surface area (Å²) >= 11 is 1.12. The third kappa shape index (κ3) is 5.93. The predicted molar refractivity (Wildman–Crippen MR) is 66.1 cm³/mol. The molecule has 5 nitrogen and oxygen atoms in total. The average molecular weight is 261 g/mol. The largest absolute Gasteiger partial charge is 0.481 e. The predicted octanol–water partition coefficient (Wildman–Crippen LogP) is 0.737. The number of carboxylic acid groups (broad SMARTS) is 1. The van der Waals surface area contributed by atoms with Gasteiger partial charge in [0.25, 0.3) is 0 Å². The molecule has 1 amide bonds. The van der Waals surface area contributed by atoms with E-state index >= 15 is 0 Å². The lowest BCUT2D eigenvalue weighted by atomic mass is 10.0. The standard InChI is InChI=1S/C11H19NO4S/c1-16-5-4-11(2-3-11)8-12-9(13)6-17-7-10(14)15/h2-8H2,1H3,(H,12,13)(H,14,15). The lowest BCUT2D eigenvalue weighted by Gasteiger charge is -2.15. The van der Waals surface area contributed by atoms with Gasteiger partial charge in [0.15, 0.2) is 0 Å². The zero-order valence-electron chi connectivity index (χ0n) is 10.0. The van der Waals surface area contributed by atoms with Crippen molar-refractivity contribution >= 4 is 23.6 Å². The number of nitrogens with one attached hydrogen (secondary N) is 1. The molecular weight excluding hydrogens is 242 g/mol. The number of methoxy groups -OCH3 is 1. The number of amides is 1. The highest BCUT2D eigenvalue weighted by Gasteiger charge is 2.41. The number of hydrogen-bond acceptors (Lipinski definition) is 4. The van der Waals surface area contributed by atoms with Crippen LogP contribution in [0.3, 0.4) is 0 Å². The molecular formula is C11H19NO4S. The Morgan fingerprint density at radius 3 is 2.65 bits per heavy atom. The van der Waals surface area contributed by atoms with Crippen molar-refractivity contribution in [2.45, 2.75) is 19.3 Å². The second-order valence-corrected chi connectivity index (χ2v) is 5.39. The molecule has 0 atom stereocenters. The van der Waals surface area contributed by atoms with E-state index in [1.54, 1.807) is 7.11 Å². The van der Waals surface area contributed by atoms with E-state index in [0.717, 1.165) is 37.6 Å². The van der Waals surface area contributed by atoms with Gasteiger partial charge in [-0.1, -0.05) is 0 Å². The van der Waals surface area contributed by atoms with Crippen molar-refractivity contribution in [1.29, 1.82) is 0 Å². The van der Waals surface area contributed by atoms with E-state index < -0.39 is 5.97 Å². The quantitative estimate of drug-likeness (QED) is 0.640. The van der Waals surface area contributed by atoms with E-state index in [1.807, 2.05) is 0 Å². The lowest BCUT2D eigenvalue weighted by Crippen LogP contribution is -2.32. The van der Waals surface area contributed by atoms with Crippen LogP contribution in [0.4, 0.5) is 0 Å². The molecule has 2 N–H and O–H groups in total. The summed E-state index contributed by atoms with van der Waals surface area (Å²) in [6, 6.07) is 0. The van der Waals surface area contributed by atoms with E-state index in [-0.39, 0.29) is 22.8 Å². The first-order valence-electron chi connectivity index (χ1n) is 5.63. The number of rotatable bonds is 9. The minimum absolute atomic E-state index is 0.0256. The molecule has 1 fully saturated rings. The molecule has 0 bridgehead atoms. The van der Waals surface area contributed by atoms with Crippen LogP contribution in [0.1, 0.15) is 19.3 Å². The van der Waals surface area contributed by atoms with Gasteiger partial charge in [-0.3, -0.25) is 9.59 Å². The van der Waals surface area contributed by atoms with Crippen LogP contribution in [0.15, 0.2) is 0 Å². The maximum atomic E-state index is 11.4. The molecule has 0 unspecified atom stereocenters. The summed E-state index contributed by atoms with van der Waals surface area (Å²) in [5, 5.41) is 11.3. The molecule has 1 rings (SSSR count). The molecule has 98 valence electrons. The normalized spacial score (nSPS) is 16.5. The minimum Gasteiger partial charge on any atom is -0.481 e. The molecule has 0 aliphatic heterocycles. The summed E-state index contributed by atoms with van der Waals surface area (Å²) in [6.07, 6.45) is 3.25. The topological polar surface area (TPSA) is 75.6 Å². The molecule has 0 aromatic heterocycles. The maximum Gasteiger partial charge on any atom is 0.313 e. The van der Waals surface area contributed by atoms with Crippen LogP contribution < -0.4 is 5.32 Å². The van der Waals surface area contributed by atoms with Gasteiger partial charge >= 0.3 is 5.97 Å². The van der Waals surface area contributed by atoms with Crippen molar-refractivity contribution in [2.75, 3.05) is 31.8 Å². The SMILES string of the molecule is COCCC1(CNC(=O)CSCC(=O)O)CC1. The molecule has 17 heavy (non-hydrogen) atoms. The highest BCUT2D eigenvalue weighted by atomic mass is 32.2. The van der Waals surface area contributed by atoms with Crippen LogP contribution in [0.5, 0.6) is 0 Å². The van der Waals surface area contributed by atoms with Gasteiger partial charge in [0.1, 0.15) is 0 Å². The summed E-state index contributed by atoms with van der Waals surface area (Å²) in [5.74, 6) is -0.781. The molecule has 0 aromatic rings. The van der Waals surface area contributed by atoms with Crippen LogP contribution in [0, 0.1) is 5.41 Å². The number of carboxylic acids is 1. The van der Waals surface area contributed by atoms with Gasteiger partial charge in [0, 0.05) is 20.3 Å². The second-order valence-electron chi connectivity index (χ2n) is 4.41. The fourth-order valence-electron chi connectivity index (χ4n) is 1.58. The third-order valence-electron chi connectivity index (χ3n) is 2.91. The van der Waals surface area contributed by atoms with Gasteiger partial charge in [-0.2, -0.15) is 0 Å². The van der Waals surface area contributed by atoms with Gasteiger partial charge < -0.3 is 15.2 Å². The van der Waals surface area contributed by atoms with Gasteiger partial charge in [-0.25, -0.2) is 0 Å². The molecule has 6 heteroatoms. The number of carbonyl (C=O) groups excluding carboxylic acids is 1. The Kier molecular flexibility index (Phi) is 5.77. The molecule has 0 radical (unpaired) electrons. The Balaban J connectivity index is 2.09. The Bertz CT molecular complexity index is 279. The summed E-state index contributed by atoms with van der Waals surface area (Å²) in [4.78, 5) is 21.7. The van der Waals surface area contributed by atoms with Crippen molar-refractivity contribution < 1.29 is 19.4 Å². The minimum atomic E-state index is -0.887. The van der Waals surface area contributed by atoms with E-state index in [1.165, 1.54) is 0 Å². The van der Waals surface area contributed by atoms with E-state index in [0.29, 0.717) is 6.54 Å². The highest BCUT2D eigenvalue weighted by Crippen LogP contribution is 2.48. The van der Waals surface area contributed by atoms with Crippen molar-refractivity contribution in [2.24, 2.45) is 5.41 Å². The van der Waals surface area contributed by atoms with Gasteiger partial charge in [-0.15, -0.1) is 11.8 Å². The Morgan fingerprint density at radius 1 is 1.41 bits per heavy atom. The zero-order valence-corrected chi connectivity index (χ0v) is 10.8. The Hall–Kier alpha value is -0.750. The Labute approximate surface area is 105 Å². The summed E-state index contributed by atoms with van der Waals surface area (Å²) in [7, 11) is 1.68. The summed E-state index contributed by atoms with van der Waals surface area (Å²) in [5.41, 5.74) is 0.239. The molecule has 0 saturated heterocycles. The van der Waals surface area contributed by atoms with Gasteiger partial charge in [-0.05, 0) is 24.7 Å². The number of carbonyl (C=O) groups is 2. The summed E-state index contributed by atoms with van der Waals surface area (Å²) in [6.45, 7) is 1.41. The zero-order chi connectivity index (χ0) is 12.7. The number of thioether (sulfide) groups is 1. The number of ether oxygens (including phenoxy) is 1. The molecule has 0 heterocycles. The third-order valence-corrected chi connectivity index (χ3v) is 3.83. The molecule has 0 spiro atoms. The molecule has 1 aliphatic rings. The molecule has 1 aliphatic carbocycles. The van der Waals surface area contributed by atoms with Crippen molar-refractivity contribution in [3.63, 3.8) is 0 Å². The molecule has 0 aromatic carbocycles. The lowest BCUT2D eigenvalue weighted by molar-refractivity contribution is -0.133. The first-order chi connectivity index (χ1) is 8.08. The van der Waals surface area contributed by atoms with Crippen LogP contribution in [-0.2, 0) is 14.3 Å². The van der Waals surface area contributed by atoms with Crippen molar-refractivity contribution in [3.8, 4) is 0 Å². The smallest absolute Gasteiger partial charge is 0.313 e. The van der Waals surface area contributed by atoms with Crippen LogP contribution in [-0.4, -0.2) is 48.8 Å². The maximum absolute atomic E-state index is 11.4. The fourth-order valence-corrected chi connectivity index (χ4v) is 2.14. The number of aliphatic carboxylic acids is 1. The van der Waals surface area contributed by atoms with Gasteiger partial charge in [0.2, 0.25) is 5.91 Å². The van der Waals surface area contributed by atoms with Crippen LogP contribution >= 0.6 is 11.8 Å². The van der Waals surface area contributed by atoms with E-state index in [2.05, 4.69) is 5.32 Å². The first kappa shape index (κ1) is 14.3. The van der Waals surface area contributed by atoms with Gasteiger partial charge in [0.05, 0.1) is 11.5 Å². The van der Waals surface area contributed by atoms with Crippen molar-refractivity contribution in [3.05, 3.63) is 0 Å². The molecule has 1 saturated carbocycles. The fraction of sp³-hybridized carbons (Fsp3) is 0.818. The highest BCUT2D eigenvalue weighted by molar-refractivity contribution is 8.00. The second kappa shape index (κ2) is 6.86. The van der Waals surface area contributed by atoms with Crippen LogP contribution in [0.25, 0.3) is 0 Å². The first-order valence-corrected chi connectivity index (χ1v) is 6.79. The average Bonchev–Trinajstić information content (AvgIpc) is 3.04. The Morgan fingerprint density at radius 2 is 2.12 bits per heavy atom. The van der Waals surface area contributed by atoms with E-state index in [4.69, 9.17) is 9.84 Å². The monoisotopic (exact) mass is 261 g/mol. The van der Waals surface area contributed by atoms with Crippen molar-refractivity contribution in [1.82, 2.24) is 5.32 Å². The summed E-state index contributed by atoms with van der Waals surface area (Å²) < 4.78 is 5.03. The van der Waals surface area contributed by atoms with E-state index in [9.17, 15) is 9.59 Å².